The number of thiophene rings is 1. The van der Waals surface area contributed by atoms with E-state index in [-0.39, 0.29) is 5.91 Å². The molecule has 3 heterocycles. The van der Waals surface area contributed by atoms with Gasteiger partial charge in [-0.2, -0.15) is 0 Å². The Balaban J connectivity index is 1.74. The molecule has 0 saturated carbocycles. The lowest BCUT2D eigenvalue weighted by Gasteiger charge is -2.22. The molecule has 0 unspecified atom stereocenters. The molecule has 0 N–H and O–H groups in total. The van der Waals surface area contributed by atoms with Crippen LogP contribution < -0.4 is 4.90 Å². The van der Waals surface area contributed by atoms with E-state index in [1.165, 1.54) is 11.3 Å². The Kier molecular flexibility index (Phi) is 4.26. The predicted octanol–water partition coefficient (Wildman–Crippen LogP) is 4.90. The molecular weight excluding hydrogens is 354 g/mol. The number of pyridine rings is 1. The van der Waals surface area contributed by atoms with Gasteiger partial charge in [0, 0.05) is 11.9 Å². The number of benzene rings is 1. The number of anilines is 1. The fourth-order valence-corrected chi connectivity index (χ4v) is 3.71. The molecule has 4 aromatic rings. The van der Waals surface area contributed by atoms with Gasteiger partial charge in [0.2, 0.25) is 0 Å². The first kappa shape index (κ1) is 15.9. The lowest BCUT2D eigenvalue weighted by atomic mass is 10.2. The van der Waals surface area contributed by atoms with Crippen molar-refractivity contribution >= 4 is 40.2 Å². The summed E-state index contributed by atoms with van der Waals surface area (Å²) in [4.78, 5) is 19.8. The molecule has 0 atom stereocenters. The lowest BCUT2D eigenvalue weighted by Crippen LogP contribution is -2.30. The van der Waals surface area contributed by atoms with Gasteiger partial charge >= 0.3 is 0 Å². The Hall–Kier alpha value is -2.63. The van der Waals surface area contributed by atoms with E-state index in [1.54, 1.807) is 23.2 Å². The number of amides is 1. The summed E-state index contributed by atoms with van der Waals surface area (Å²) in [5.41, 5.74) is 2.63. The highest BCUT2D eigenvalue weighted by Crippen LogP contribution is 2.26. The molecule has 0 spiro atoms. The molecule has 0 radical (unpaired) electrons. The Bertz CT molecular complexity index is 1030. The summed E-state index contributed by atoms with van der Waals surface area (Å²) >= 11 is 7.30. The molecule has 3 aromatic heterocycles. The van der Waals surface area contributed by atoms with Crippen LogP contribution in [0.5, 0.6) is 0 Å². The quantitative estimate of drug-likeness (QED) is 0.514. The summed E-state index contributed by atoms with van der Waals surface area (Å²) in [6.45, 7) is 0.420. The molecule has 124 valence electrons. The van der Waals surface area contributed by atoms with Gasteiger partial charge in [-0.05, 0) is 36.4 Å². The van der Waals surface area contributed by atoms with Crippen molar-refractivity contribution in [2.24, 2.45) is 0 Å². The molecule has 0 aliphatic carbocycles. The molecule has 25 heavy (non-hydrogen) atoms. The van der Waals surface area contributed by atoms with Crippen molar-refractivity contribution in [3.8, 4) is 0 Å². The number of aromatic nitrogens is 2. The monoisotopic (exact) mass is 367 g/mol. The second-order valence-electron chi connectivity index (χ2n) is 5.51. The van der Waals surface area contributed by atoms with Crippen LogP contribution in [0, 0.1) is 0 Å². The summed E-state index contributed by atoms with van der Waals surface area (Å²) in [5.74, 6) is -0.0750. The number of hydrogen-bond donors (Lipinski definition) is 0. The Morgan fingerprint density at radius 2 is 1.88 bits per heavy atom. The van der Waals surface area contributed by atoms with Crippen molar-refractivity contribution in [3.63, 3.8) is 0 Å². The highest BCUT2D eigenvalue weighted by Gasteiger charge is 2.21. The summed E-state index contributed by atoms with van der Waals surface area (Å²) in [5, 5.41) is 0. The first-order valence-electron chi connectivity index (χ1n) is 7.75. The maximum Gasteiger partial charge on any atom is 0.268 e. The Labute approximate surface area is 153 Å². The maximum absolute atomic E-state index is 13.1. The average Bonchev–Trinajstić information content (AvgIpc) is 3.26. The van der Waals surface area contributed by atoms with Crippen LogP contribution in [0.1, 0.15) is 15.4 Å². The summed E-state index contributed by atoms with van der Waals surface area (Å²) < 4.78 is 2.59. The van der Waals surface area contributed by atoms with Crippen LogP contribution in [0.3, 0.4) is 0 Å². The molecule has 0 bridgehead atoms. The number of fused-ring (bicyclic) bond motifs is 1. The van der Waals surface area contributed by atoms with Crippen LogP contribution in [0.15, 0.2) is 73.1 Å². The number of carbonyl (C=O) groups excluding carboxylic acids is 1. The molecular formula is C19H14ClN3OS. The van der Waals surface area contributed by atoms with Crippen molar-refractivity contribution < 1.29 is 4.79 Å². The first-order valence-corrected chi connectivity index (χ1v) is 8.95. The predicted molar refractivity (Wildman–Crippen MR) is 101 cm³/mol. The highest BCUT2D eigenvalue weighted by molar-refractivity contribution is 7.18. The smallest absolute Gasteiger partial charge is 0.268 e. The molecule has 0 aliphatic heterocycles. The SMILES string of the molecule is O=C(c1ccc(Cl)s1)N(Cc1cnc2ccccn12)c1ccccc1. The third-order valence-corrected chi connectivity index (χ3v) is 5.13. The zero-order valence-electron chi connectivity index (χ0n) is 13.2. The zero-order valence-corrected chi connectivity index (χ0v) is 14.7. The van der Waals surface area contributed by atoms with E-state index in [4.69, 9.17) is 11.6 Å². The fraction of sp³-hybridized carbons (Fsp3) is 0.0526. The maximum atomic E-state index is 13.1. The molecule has 0 aliphatic rings. The summed E-state index contributed by atoms with van der Waals surface area (Å²) in [6.07, 6.45) is 3.76. The van der Waals surface area contributed by atoms with Crippen molar-refractivity contribution in [3.05, 3.63) is 88.0 Å². The van der Waals surface area contributed by atoms with Gasteiger partial charge in [0.05, 0.1) is 27.6 Å². The number of carbonyl (C=O) groups is 1. The van der Waals surface area contributed by atoms with Gasteiger partial charge in [-0.25, -0.2) is 4.98 Å². The van der Waals surface area contributed by atoms with Gasteiger partial charge in [-0.3, -0.25) is 4.79 Å². The molecule has 1 amide bonds. The number of hydrogen-bond acceptors (Lipinski definition) is 3. The summed E-state index contributed by atoms with van der Waals surface area (Å²) in [6, 6.07) is 19.0. The van der Waals surface area contributed by atoms with E-state index in [9.17, 15) is 4.79 Å². The average molecular weight is 368 g/mol. The van der Waals surface area contributed by atoms with E-state index < -0.39 is 0 Å². The third kappa shape index (κ3) is 3.16. The minimum atomic E-state index is -0.0750. The molecule has 4 rings (SSSR count). The molecule has 1 aromatic carbocycles. The van der Waals surface area contributed by atoms with Gasteiger partial charge in [0.25, 0.3) is 5.91 Å². The molecule has 0 fully saturated rings. The zero-order chi connectivity index (χ0) is 17.2. The number of imidazole rings is 1. The number of rotatable bonds is 4. The third-order valence-electron chi connectivity index (χ3n) is 3.91. The largest absolute Gasteiger partial charge is 0.302 e. The molecule has 4 nitrogen and oxygen atoms in total. The van der Waals surface area contributed by atoms with Crippen LogP contribution in [-0.2, 0) is 6.54 Å². The second-order valence-corrected chi connectivity index (χ2v) is 7.22. The lowest BCUT2D eigenvalue weighted by molar-refractivity contribution is 0.0988. The minimum absolute atomic E-state index is 0.0750. The van der Waals surface area contributed by atoms with Crippen LogP contribution >= 0.6 is 22.9 Å². The van der Waals surface area contributed by atoms with Crippen molar-refractivity contribution in [1.82, 2.24) is 9.38 Å². The second kappa shape index (κ2) is 6.70. The molecule has 0 saturated heterocycles. The topological polar surface area (TPSA) is 37.6 Å². The van der Waals surface area contributed by atoms with Crippen LogP contribution in [-0.4, -0.2) is 15.3 Å². The van der Waals surface area contributed by atoms with E-state index >= 15 is 0 Å². The standard InChI is InChI=1S/C19H14ClN3OS/c20-17-10-9-16(25-17)19(24)23(14-6-2-1-3-7-14)13-15-12-21-18-8-4-5-11-22(15)18/h1-12H,13H2. The van der Waals surface area contributed by atoms with Gasteiger partial charge < -0.3 is 9.30 Å². The Morgan fingerprint density at radius 1 is 1.08 bits per heavy atom. The van der Waals surface area contributed by atoms with Gasteiger partial charge in [-0.15, -0.1) is 11.3 Å². The van der Waals surface area contributed by atoms with Crippen LogP contribution in [0.25, 0.3) is 5.65 Å². The van der Waals surface area contributed by atoms with Crippen LogP contribution in [0.4, 0.5) is 5.69 Å². The number of para-hydroxylation sites is 1. The van der Waals surface area contributed by atoms with E-state index in [1.807, 2.05) is 59.1 Å². The van der Waals surface area contributed by atoms with Gasteiger partial charge in [-0.1, -0.05) is 35.9 Å². The fourth-order valence-electron chi connectivity index (χ4n) is 2.71. The van der Waals surface area contributed by atoms with E-state index in [0.717, 1.165) is 17.0 Å². The van der Waals surface area contributed by atoms with Crippen molar-refractivity contribution in [2.45, 2.75) is 6.54 Å². The van der Waals surface area contributed by atoms with E-state index in [2.05, 4.69) is 4.98 Å². The first-order chi connectivity index (χ1) is 12.2. The van der Waals surface area contributed by atoms with Crippen molar-refractivity contribution in [2.75, 3.05) is 4.90 Å². The summed E-state index contributed by atoms with van der Waals surface area (Å²) in [7, 11) is 0. The minimum Gasteiger partial charge on any atom is -0.302 e. The molecule has 6 heteroatoms. The van der Waals surface area contributed by atoms with Gasteiger partial charge in [0.15, 0.2) is 0 Å². The van der Waals surface area contributed by atoms with Crippen molar-refractivity contribution in [1.29, 1.82) is 0 Å². The highest BCUT2D eigenvalue weighted by atomic mass is 35.5. The number of nitrogens with zero attached hydrogens (tertiary/aromatic N) is 3. The normalized spacial score (nSPS) is 10.9. The Morgan fingerprint density at radius 3 is 2.64 bits per heavy atom. The van der Waals surface area contributed by atoms with Crippen LogP contribution in [0.2, 0.25) is 4.34 Å². The van der Waals surface area contributed by atoms with E-state index in [0.29, 0.717) is 15.8 Å². The van der Waals surface area contributed by atoms with Gasteiger partial charge in [0.1, 0.15) is 5.65 Å². The number of halogens is 1.